The van der Waals surface area contributed by atoms with Gasteiger partial charge in [-0.25, -0.2) is 4.79 Å². The Balaban J connectivity index is -0.0000000600. The lowest BCUT2D eigenvalue weighted by molar-refractivity contribution is -0.870. The Bertz CT molecular complexity index is 111. The van der Waals surface area contributed by atoms with E-state index >= 15 is 0 Å². The van der Waals surface area contributed by atoms with Crippen molar-refractivity contribution in [3.63, 3.8) is 0 Å². The van der Waals surface area contributed by atoms with Crippen LogP contribution in [0.25, 0.3) is 0 Å². The highest BCUT2D eigenvalue weighted by atomic mass is 35.5. The van der Waals surface area contributed by atoms with Crippen molar-refractivity contribution in [2.45, 2.75) is 0 Å². The second-order valence-corrected chi connectivity index (χ2v) is 3.14. The minimum Gasteiger partial charge on any atom is -1.00 e. The average molecular weight is 215 g/mol. The Hall–Kier alpha value is -0.520. The maximum atomic E-state index is 9.00. The average Bonchev–Trinajstić information content (AvgIpc) is 1.58. The molecular weight excluding hydrogens is 194 g/mol. The summed E-state index contributed by atoms with van der Waals surface area (Å²) in [5.41, 5.74) is 8.50. The number of likely N-dealkylation sites (N-methyl/N-ethyl adjacent to an activating group) is 1. The summed E-state index contributed by atoms with van der Waals surface area (Å²) in [5.74, 6) is 0. The van der Waals surface area contributed by atoms with Crippen LogP contribution >= 0.6 is 0 Å². The van der Waals surface area contributed by atoms with Crippen LogP contribution in [0.15, 0.2) is 0 Å². The van der Waals surface area contributed by atoms with E-state index in [1.54, 1.807) is 0 Å². The van der Waals surface area contributed by atoms with Crippen LogP contribution in [-0.4, -0.2) is 49.9 Å². The zero-order chi connectivity index (χ0) is 9.49. The predicted molar refractivity (Wildman–Crippen MR) is 50.2 cm³/mol. The molecule has 0 saturated heterocycles. The number of nitrogens with zero attached hydrogens (tertiary/aromatic N) is 1. The highest BCUT2D eigenvalue weighted by molar-refractivity contribution is 5.69. The number of rotatable bonds is 2. The molecule has 0 saturated carbocycles. The first kappa shape index (κ1) is 22.9. The molecule has 13 heavy (non-hydrogen) atoms. The summed E-state index contributed by atoms with van der Waals surface area (Å²) in [6, 6.07) is -0.833. The lowest BCUT2D eigenvalue weighted by Crippen LogP contribution is -3.00. The molecule has 0 aromatic rings. The van der Waals surface area contributed by atoms with Crippen LogP contribution < -0.4 is 23.9 Å². The molecular formula is C7H21ClN3O2. The lowest BCUT2D eigenvalue weighted by atomic mass is 10.5. The third-order valence-corrected chi connectivity index (χ3v) is 0.771. The van der Waals surface area contributed by atoms with Crippen molar-refractivity contribution in [1.82, 2.24) is 0 Å². The van der Waals surface area contributed by atoms with Gasteiger partial charge in [0.25, 0.3) is 0 Å². The summed E-state index contributed by atoms with van der Waals surface area (Å²) in [7, 11) is 6.16. The van der Waals surface area contributed by atoms with Gasteiger partial charge in [-0.2, -0.15) is 0 Å². The number of urea groups is 1. The first-order valence-electron chi connectivity index (χ1n) is 3.26. The molecule has 0 fully saturated rings. The van der Waals surface area contributed by atoms with Crippen LogP contribution in [0.1, 0.15) is 0 Å². The molecule has 0 rings (SSSR count). The molecule has 0 bridgehead atoms. The Morgan fingerprint density at radius 1 is 1.31 bits per heavy atom. The largest absolute Gasteiger partial charge is 1.00 e. The Morgan fingerprint density at radius 2 is 1.54 bits per heavy atom. The molecule has 83 valence electrons. The summed E-state index contributed by atoms with van der Waals surface area (Å²) in [6.45, 7) is 1.11. The highest BCUT2D eigenvalue weighted by Gasteiger charge is 2.02. The van der Waals surface area contributed by atoms with Crippen molar-refractivity contribution in [2.24, 2.45) is 11.5 Å². The van der Waals surface area contributed by atoms with Gasteiger partial charge in [-0.3, -0.25) is 0 Å². The molecule has 0 aromatic carbocycles. The molecule has 0 aromatic heterocycles. The summed E-state index contributed by atoms with van der Waals surface area (Å²) in [5, 5.41) is 8.39. The van der Waals surface area contributed by atoms with Gasteiger partial charge < -0.3 is 33.5 Å². The number of carbonyl (C=O) groups is 1. The predicted octanol–water partition coefficient (Wildman–Crippen LogP) is -3.84. The van der Waals surface area contributed by atoms with Crippen LogP contribution in [0, 0.1) is 7.43 Å². The van der Waals surface area contributed by atoms with E-state index in [9.17, 15) is 0 Å². The molecule has 1 radical (unpaired) electrons. The van der Waals surface area contributed by atoms with Crippen LogP contribution in [0.4, 0.5) is 4.79 Å². The molecule has 6 heteroatoms. The van der Waals surface area contributed by atoms with Crippen molar-refractivity contribution in [3.05, 3.63) is 7.43 Å². The summed E-state index contributed by atoms with van der Waals surface area (Å²) >= 11 is 0. The van der Waals surface area contributed by atoms with Crippen molar-refractivity contribution >= 4 is 6.03 Å². The molecule has 0 aliphatic rings. The molecule has 5 nitrogen and oxygen atoms in total. The molecule has 5 N–H and O–H groups in total. The number of primary amides is 2. The van der Waals surface area contributed by atoms with Crippen molar-refractivity contribution < 1.29 is 26.8 Å². The van der Waals surface area contributed by atoms with Crippen LogP contribution in [0.2, 0.25) is 0 Å². The van der Waals surface area contributed by atoms with Crippen LogP contribution in [0.5, 0.6) is 0 Å². The summed E-state index contributed by atoms with van der Waals surface area (Å²) in [4.78, 5) is 9.00. The van der Waals surface area contributed by atoms with Gasteiger partial charge in [-0.05, 0) is 0 Å². The van der Waals surface area contributed by atoms with E-state index in [1.807, 2.05) is 0 Å². The van der Waals surface area contributed by atoms with Crippen molar-refractivity contribution in [1.29, 1.82) is 0 Å². The van der Waals surface area contributed by atoms with E-state index < -0.39 is 6.03 Å². The minimum absolute atomic E-state index is 0. The normalized spacial score (nSPS) is 8.31. The number of aliphatic hydroxyl groups excluding tert-OH is 1. The van der Waals surface area contributed by atoms with E-state index in [0.29, 0.717) is 0 Å². The molecule has 2 amide bonds. The quantitative estimate of drug-likeness (QED) is 0.411. The fourth-order valence-electron chi connectivity index (χ4n) is 0.300. The first-order chi connectivity index (χ1) is 4.79. The molecule has 0 spiro atoms. The second-order valence-electron chi connectivity index (χ2n) is 3.14. The van der Waals surface area contributed by atoms with E-state index in [4.69, 9.17) is 9.90 Å². The molecule has 0 aliphatic heterocycles. The molecule has 0 unspecified atom stereocenters. The fraction of sp³-hybridized carbons (Fsp3) is 0.714. The minimum atomic E-state index is -0.833. The molecule has 0 heterocycles. The van der Waals surface area contributed by atoms with E-state index in [0.717, 1.165) is 11.0 Å². The van der Waals surface area contributed by atoms with Gasteiger partial charge in [0.2, 0.25) is 0 Å². The number of amides is 2. The molecule has 0 atom stereocenters. The Morgan fingerprint density at radius 3 is 1.54 bits per heavy atom. The summed E-state index contributed by atoms with van der Waals surface area (Å²) < 4.78 is 0.844. The van der Waals surface area contributed by atoms with Gasteiger partial charge in [0.1, 0.15) is 6.54 Å². The topological polar surface area (TPSA) is 89.3 Å². The standard InChI is InChI=1S/C5H14NO.CH4N2O.CH3.ClH/c1-6(2,3)4-5-7;2-1(3)4;;/h7H,4-5H2,1-3H3;(H4,2,3,4);1H3;1H/q+1;;;/p-1. The lowest BCUT2D eigenvalue weighted by Gasteiger charge is -2.21. The van der Waals surface area contributed by atoms with Crippen molar-refractivity contribution in [2.75, 3.05) is 34.3 Å². The fourth-order valence-corrected chi connectivity index (χ4v) is 0.300. The van der Waals surface area contributed by atoms with Gasteiger partial charge in [0.05, 0.1) is 27.7 Å². The SMILES string of the molecule is C[N+](C)(C)CCO.NC(N)=O.[CH3].[Cl-]. The number of hydrogen-bond donors (Lipinski definition) is 3. The summed E-state index contributed by atoms with van der Waals surface area (Å²) in [6.07, 6.45) is 0. The maximum absolute atomic E-state index is 9.00. The number of nitrogens with two attached hydrogens (primary N) is 2. The van der Waals surface area contributed by atoms with Crippen LogP contribution in [0.3, 0.4) is 0 Å². The second kappa shape index (κ2) is 11.5. The van der Waals surface area contributed by atoms with Gasteiger partial charge in [0, 0.05) is 0 Å². The van der Waals surface area contributed by atoms with Gasteiger partial charge >= 0.3 is 6.03 Å². The maximum Gasteiger partial charge on any atom is 0.309 e. The van der Waals surface area contributed by atoms with E-state index in [-0.39, 0.29) is 26.4 Å². The zero-order valence-corrected chi connectivity index (χ0v) is 9.51. The number of hydrogen-bond acceptors (Lipinski definition) is 2. The smallest absolute Gasteiger partial charge is 0.309 e. The van der Waals surface area contributed by atoms with E-state index in [2.05, 4.69) is 32.6 Å². The van der Waals surface area contributed by atoms with E-state index in [1.165, 1.54) is 0 Å². The van der Waals surface area contributed by atoms with Gasteiger partial charge in [-0.15, -0.1) is 0 Å². The number of aliphatic hydroxyl groups is 1. The van der Waals surface area contributed by atoms with Crippen LogP contribution in [-0.2, 0) is 0 Å². The third kappa shape index (κ3) is 85.2. The first-order valence-corrected chi connectivity index (χ1v) is 3.26. The number of halogens is 1. The Kier molecular flexibility index (Phi) is 20.2. The number of carbonyl (C=O) groups excluding carboxylic acids is 1. The number of quaternary nitrogens is 1. The van der Waals surface area contributed by atoms with Crippen molar-refractivity contribution in [3.8, 4) is 0 Å². The van der Waals surface area contributed by atoms with Gasteiger partial charge in [-0.1, -0.05) is 7.43 Å². The highest BCUT2D eigenvalue weighted by Crippen LogP contribution is 1.84. The molecule has 0 aliphatic carbocycles. The third-order valence-electron chi connectivity index (χ3n) is 0.771. The Labute approximate surface area is 86.7 Å². The zero-order valence-electron chi connectivity index (χ0n) is 8.75. The van der Waals surface area contributed by atoms with Gasteiger partial charge in [0.15, 0.2) is 0 Å². The monoisotopic (exact) mass is 214 g/mol.